The molecule has 1 N–H and O–H groups in total. The summed E-state index contributed by atoms with van der Waals surface area (Å²) >= 11 is 3.51. The largest absolute Gasteiger partial charge is 0.392 e. The van der Waals surface area contributed by atoms with Gasteiger partial charge in [-0.05, 0) is 22.8 Å². The average Bonchev–Trinajstić information content (AvgIpc) is 2.30. The molecule has 0 aliphatic carbocycles. The summed E-state index contributed by atoms with van der Waals surface area (Å²) in [6.45, 7) is 0.0670. The zero-order valence-corrected chi connectivity index (χ0v) is 9.74. The highest BCUT2D eigenvalue weighted by Crippen LogP contribution is 2.30. The summed E-state index contributed by atoms with van der Waals surface area (Å²) in [5.41, 5.74) is 3.14. The first-order valence-corrected chi connectivity index (χ1v) is 5.56. The third-order valence-corrected chi connectivity index (χ3v) is 3.04. The van der Waals surface area contributed by atoms with E-state index in [2.05, 4.69) is 15.9 Å². The van der Waals surface area contributed by atoms with Gasteiger partial charge in [-0.25, -0.2) is 0 Å². The van der Waals surface area contributed by atoms with E-state index in [1.807, 2.05) is 48.5 Å². The highest BCUT2D eigenvalue weighted by molar-refractivity contribution is 9.10. The second-order valence-electron chi connectivity index (χ2n) is 3.30. The van der Waals surface area contributed by atoms with E-state index >= 15 is 0 Å². The van der Waals surface area contributed by atoms with E-state index in [1.54, 1.807) is 0 Å². The summed E-state index contributed by atoms with van der Waals surface area (Å²) in [5.74, 6) is 0. The van der Waals surface area contributed by atoms with Gasteiger partial charge in [-0.2, -0.15) is 0 Å². The minimum absolute atomic E-state index is 0.0670. The van der Waals surface area contributed by atoms with Gasteiger partial charge in [0.25, 0.3) is 0 Å². The summed E-state index contributed by atoms with van der Waals surface area (Å²) in [6.07, 6.45) is 0. The topological polar surface area (TPSA) is 20.2 Å². The van der Waals surface area contributed by atoms with E-state index in [4.69, 9.17) is 0 Å². The molecule has 0 fully saturated rings. The van der Waals surface area contributed by atoms with Crippen molar-refractivity contribution in [3.05, 3.63) is 58.6 Å². The first-order chi connectivity index (χ1) is 7.33. The van der Waals surface area contributed by atoms with Crippen molar-refractivity contribution in [2.24, 2.45) is 0 Å². The zero-order chi connectivity index (χ0) is 10.7. The fourth-order valence-electron chi connectivity index (χ4n) is 1.60. The van der Waals surface area contributed by atoms with Crippen LogP contribution in [0.3, 0.4) is 0 Å². The Kier molecular flexibility index (Phi) is 3.19. The molecule has 0 aliphatic heterocycles. The predicted molar refractivity (Wildman–Crippen MR) is 65.5 cm³/mol. The van der Waals surface area contributed by atoms with Crippen LogP contribution in [0.15, 0.2) is 53.0 Å². The van der Waals surface area contributed by atoms with Gasteiger partial charge in [0.15, 0.2) is 0 Å². The summed E-state index contributed by atoms with van der Waals surface area (Å²) in [6, 6.07) is 15.9. The number of aliphatic hydroxyl groups is 1. The molecule has 0 atom stereocenters. The molecule has 0 heterocycles. The van der Waals surface area contributed by atoms with Gasteiger partial charge in [0.1, 0.15) is 0 Å². The molecular weight excluding hydrogens is 252 g/mol. The van der Waals surface area contributed by atoms with Crippen molar-refractivity contribution in [1.82, 2.24) is 0 Å². The minimum Gasteiger partial charge on any atom is -0.392 e. The normalized spacial score (nSPS) is 10.3. The molecule has 0 spiro atoms. The van der Waals surface area contributed by atoms with E-state index < -0.39 is 0 Å². The zero-order valence-electron chi connectivity index (χ0n) is 8.15. The van der Waals surface area contributed by atoms with Crippen LogP contribution in [0.4, 0.5) is 0 Å². The highest BCUT2D eigenvalue weighted by atomic mass is 79.9. The lowest BCUT2D eigenvalue weighted by Crippen LogP contribution is -1.89. The molecular formula is C13H11BrO. The minimum atomic E-state index is 0.0670. The van der Waals surface area contributed by atoms with Gasteiger partial charge in [0, 0.05) is 4.47 Å². The van der Waals surface area contributed by atoms with Crippen LogP contribution < -0.4 is 0 Å². The first-order valence-electron chi connectivity index (χ1n) is 4.76. The Balaban J connectivity index is 2.59. The SMILES string of the molecule is OCc1ccccc1-c1ccccc1Br. The van der Waals surface area contributed by atoms with Crippen LogP contribution in [0, 0.1) is 0 Å². The Morgan fingerprint density at radius 2 is 1.47 bits per heavy atom. The maximum absolute atomic E-state index is 9.26. The van der Waals surface area contributed by atoms with Crippen LogP contribution in [0.2, 0.25) is 0 Å². The monoisotopic (exact) mass is 262 g/mol. The Morgan fingerprint density at radius 1 is 0.867 bits per heavy atom. The maximum atomic E-state index is 9.26. The Hall–Kier alpha value is -1.12. The van der Waals surface area contributed by atoms with Crippen LogP contribution in [-0.4, -0.2) is 5.11 Å². The summed E-state index contributed by atoms with van der Waals surface area (Å²) in [5, 5.41) is 9.26. The molecule has 15 heavy (non-hydrogen) atoms. The Morgan fingerprint density at radius 3 is 2.13 bits per heavy atom. The van der Waals surface area contributed by atoms with Crippen LogP contribution in [-0.2, 0) is 6.61 Å². The van der Waals surface area contributed by atoms with E-state index in [1.165, 1.54) is 0 Å². The van der Waals surface area contributed by atoms with Gasteiger partial charge in [-0.3, -0.25) is 0 Å². The third kappa shape index (κ3) is 2.11. The van der Waals surface area contributed by atoms with Crippen molar-refractivity contribution >= 4 is 15.9 Å². The van der Waals surface area contributed by atoms with Crippen LogP contribution in [0.5, 0.6) is 0 Å². The molecule has 2 aromatic carbocycles. The first kappa shape index (κ1) is 10.4. The third-order valence-electron chi connectivity index (χ3n) is 2.35. The predicted octanol–water partition coefficient (Wildman–Crippen LogP) is 3.61. The second kappa shape index (κ2) is 4.60. The van der Waals surface area contributed by atoms with Crippen molar-refractivity contribution in [3.63, 3.8) is 0 Å². The number of rotatable bonds is 2. The molecule has 0 amide bonds. The molecule has 1 nitrogen and oxygen atoms in total. The molecule has 2 heteroatoms. The van der Waals surface area contributed by atoms with Crippen molar-refractivity contribution in [2.45, 2.75) is 6.61 Å². The lowest BCUT2D eigenvalue weighted by atomic mass is 10.0. The molecule has 0 saturated heterocycles. The molecule has 0 saturated carbocycles. The fourth-order valence-corrected chi connectivity index (χ4v) is 2.10. The van der Waals surface area contributed by atoms with Gasteiger partial charge >= 0.3 is 0 Å². The molecule has 0 unspecified atom stereocenters. The fraction of sp³-hybridized carbons (Fsp3) is 0.0769. The number of hydrogen-bond acceptors (Lipinski definition) is 1. The van der Waals surface area contributed by atoms with Crippen molar-refractivity contribution < 1.29 is 5.11 Å². The Labute approximate surface area is 97.5 Å². The molecule has 2 rings (SSSR count). The smallest absolute Gasteiger partial charge is 0.0687 e. The number of halogens is 1. The van der Waals surface area contributed by atoms with Gasteiger partial charge in [0.2, 0.25) is 0 Å². The lowest BCUT2D eigenvalue weighted by Gasteiger charge is -2.08. The molecule has 0 aliphatic rings. The summed E-state index contributed by atoms with van der Waals surface area (Å²) < 4.78 is 1.05. The molecule has 0 aromatic heterocycles. The number of hydrogen-bond donors (Lipinski definition) is 1. The van der Waals surface area contributed by atoms with Crippen LogP contribution in [0.25, 0.3) is 11.1 Å². The quantitative estimate of drug-likeness (QED) is 0.877. The number of benzene rings is 2. The lowest BCUT2D eigenvalue weighted by molar-refractivity contribution is 0.282. The van der Waals surface area contributed by atoms with Gasteiger partial charge < -0.3 is 5.11 Å². The van der Waals surface area contributed by atoms with Gasteiger partial charge in [-0.15, -0.1) is 0 Å². The standard InChI is InChI=1S/C13H11BrO/c14-13-8-4-3-7-12(13)11-6-2-1-5-10(11)9-15/h1-8,15H,9H2. The van der Waals surface area contributed by atoms with Crippen molar-refractivity contribution in [1.29, 1.82) is 0 Å². The maximum Gasteiger partial charge on any atom is 0.0687 e. The molecule has 2 aromatic rings. The molecule has 0 radical (unpaired) electrons. The summed E-state index contributed by atoms with van der Waals surface area (Å²) in [7, 11) is 0. The van der Waals surface area contributed by atoms with E-state index in [0.29, 0.717) is 0 Å². The van der Waals surface area contributed by atoms with E-state index in [0.717, 1.165) is 21.2 Å². The van der Waals surface area contributed by atoms with Gasteiger partial charge in [-0.1, -0.05) is 58.4 Å². The second-order valence-corrected chi connectivity index (χ2v) is 4.15. The molecule has 76 valence electrons. The van der Waals surface area contributed by atoms with Crippen molar-refractivity contribution in [2.75, 3.05) is 0 Å². The van der Waals surface area contributed by atoms with Gasteiger partial charge in [0.05, 0.1) is 6.61 Å². The van der Waals surface area contributed by atoms with Crippen LogP contribution >= 0.6 is 15.9 Å². The van der Waals surface area contributed by atoms with Crippen LogP contribution in [0.1, 0.15) is 5.56 Å². The number of aliphatic hydroxyl groups excluding tert-OH is 1. The van der Waals surface area contributed by atoms with E-state index in [-0.39, 0.29) is 6.61 Å². The van der Waals surface area contributed by atoms with E-state index in [9.17, 15) is 5.11 Å². The average molecular weight is 263 g/mol. The van der Waals surface area contributed by atoms with Crippen molar-refractivity contribution in [3.8, 4) is 11.1 Å². The molecule has 0 bridgehead atoms. The highest BCUT2D eigenvalue weighted by Gasteiger charge is 2.05. The Bertz CT molecular complexity index is 466. The summed E-state index contributed by atoms with van der Waals surface area (Å²) in [4.78, 5) is 0.